The van der Waals surface area contributed by atoms with Crippen molar-refractivity contribution >= 4 is 16.7 Å². The van der Waals surface area contributed by atoms with Crippen molar-refractivity contribution in [3.8, 4) is 34.7 Å². The van der Waals surface area contributed by atoms with Crippen LogP contribution in [0, 0.1) is 11.3 Å². The molecule has 7 nitrogen and oxygen atoms in total. The molecule has 0 saturated carbocycles. The minimum absolute atomic E-state index is 0.382. The van der Waals surface area contributed by atoms with E-state index in [0.717, 1.165) is 59.3 Å². The summed E-state index contributed by atoms with van der Waals surface area (Å²) in [5.74, 6) is 2.31. The molecule has 0 bridgehead atoms. The Hall–Kier alpha value is -4.31. The maximum Gasteiger partial charge on any atom is 0.318 e. The zero-order valence-corrected chi connectivity index (χ0v) is 21.2. The molecule has 0 atom stereocenters. The minimum Gasteiger partial charge on any atom is -0.493 e. The highest BCUT2D eigenvalue weighted by molar-refractivity contribution is 5.93. The average molecular weight is 495 g/mol. The number of aromatic nitrogens is 2. The van der Waals surface area contributed by atoms with E-state index in [0.29, 0.717) is 36.1 Å². The van der Waals surface area contributed by atoms with Crippen molar-refractivity contribution < 1.29 is 14.2 Å². The van der Waals surface area contributed by atoms with Gasteiger partial charge in [-0.25, -0.2) is 0 Å². The largest absolute Gasteiger partial charge is 0.493 e. The molecule has 37 heavy (non-hydrogen) atoms. The lowest BCUT2D eigenvalue weighted by molar-refractivity contribution is 0.297. The smallest absolute Gasteiger partial charge is 0.318 e. The molecule has 1 fully saturated rings. The van der Waals surface area contributed by atoms with Crippen LogP contribution in [0.25, 0.3) is 22.0 Å². The van der Waals surface area contributed by atoms with E-state index in [1.165, 1.54) is 6.42 Å². The van der Waals surface area contributed by atoms with Gasteiger partial charge in [0.15, 0.2) is 11.5 Å². The van der Waals surface area contributed by atoms with Crippen LogP contribution in [0.15, 0.2) is 60.7 Å². The number of anilines is 1. The predicted molar refractivity (Wildman–Crippen MR) is 144 cm³/mol. The molecule has 0 N–H and O–H groups in total. The van der Waals surface area contributed by atoms with Gasteiger partial charge in [0, 0.05) is 24.9 Å². The summed E-state index contributed by atoms with van der Waals surface area (Å²) in [5, 5.41) is 10.3. The molecule has 188 valence electrons. The standard InChI is InChI=1S/C30H30N4O3/c1-35-27-12-9-21(18-28(27)36-2)13-16-37-30-32-26-11-10-24(23-8-6-7-22(17-23)20-31)19-25(26)29(33-30)34-14-4-3-5-15-34/h6-12,17-19H,3-5,13-16H2,1-2H3. The van der Waals surface area contributed by atoms with E-state index >= 15 is 0 Å². The SMILES string of the molecule is COc1ccc(CCOc2nc(N3CCCCC3)c3cc(-c4cccc(C#N)c4)ccc3n2)cc1OC. The van der Waals surface area contributed by atoms with E-state index in [4.69, 9.17) is 24.2 Å². The number of nitriles is 1. The second kappa shape index (κ2) is 11.2. The number of hydrogen-bond donors (Lipinski definition) is 0. The number of benzene rings is 3. The monoisotopic (exact) mass is 494 g/mol. The third-order valence-corrected chi connectivity index (χ3v) is 6.71. The topological polar surface area (TPSA) is 80.5 Å². The van der Waals surface area contributed by atoms with Crippen LogP contribution in [0.5, 0.6) is 17.5 Å². The number of ether oxygens (including phenoxy) is 3. The molecule has 1 aromatic heterocycles. The van der Waals surface area contributed by atoms with Gasteiger partial charge in [-0.15, -0.1) is 0 Å². The first kappa shape index (κ1) is 24.4. The molecule has 5 rings (SSSR count). The van der Waals surface area contributed by atoms with Crippen molar-refractivity contribution in [2.75, 3.05) is 38.8 Å². The summed E-state index contributed by atoms with van der Waals surface area (Å²) in [6.45, 7) is 2.37. The maximum absolute atomic E-state index is 9.32. The Kier molecular flexibility index (Phi) is 7.36. The van der Waals surface area contributed by atoms with Crippen molar-refractivity contribution in [1.29, 1.82) is 5.26 Å². The Bertz CT molecular complexity index is 1440. The number of rotatable bonds is 8. The number of methoxy groups -OCH3 is 2. The number of fused-ring (bicyclic) bond motifs is 1. The van der Waals surface area contributed by atoms with E-state index in [-0.39, 0.29) is 0 Å². The van der Waals surface area contributed by atoms with Gasteiger partial charge >= 0.3 is 6.01 Å². The van der Waals surface area contributed by atoms with E-state index in [9.17, 15) is 5.26 Å². The highest BCUT2D eigenvalue weighted by atomic mass is 16.5. The lowest BCUT2D eigenvalue weighted by Crippen LogP contribution is -2.30. The summed E-state index contributed by atoms with van der Waals surface area (Å²) in [4.78, 5) is 12.0. The lowest BCUT2D eigenvalue weighted by Gasteiger charge is -2.29. The van der Waals surface area contributed by atoms with Crippen molar-refractivity contribution in [1.82, 2.24) is 9.97 Å². The normalized spacial score (nSPS) is 13.3. The predicted octanol–water partition coefficient (Wildman–Crippen LogP) is 5.80. The van der Waals surface area contributed by atoms with E-state index in [1.54, 1.807) is 14.2 Å². The molecule has 0 amide bonds. The highest BCUT2D eigenvalue weighted by Gasteiger charge is 2.18. The van der Waals surface area contributed by atoms with Crippen LogP contribution in [0.2, 0.25) is 0 Å². The average Bonchev–Trinajstić information content (AvgIpc) is 2.96. The van der Waals surface area contributed by atoms with Gasteiger partial charge in [-0.05, 0) is 72.4 Å². The van der Waals surface area contributed by atoms with Gasteiger partial charge in [-0.1, -0.05) is 24.3 Å². The number of hydrogen-bond acceptors (Lipinski definition) is 7. The second-order valence-electron chi connectivity index (χ2n) is 9.09. The maximum atomic E-state index is 9.32. The Morgan fingerprint density at radius 3 is 2.46 bits per heavy atom. The van der Waals surface area contributed by atoms with Crippen LogP contribution in [0.3, 0.4) is 0 Å². The second-order valence-corrected chi connectivity index (χ2v) is 9.09. The molecular weight excluding hydrogens is 464 g/mol. The minimum atomic E-state index is 0.382. The fraction of sp³-hybridized carbons (Fsp3) is 0.300. The molecule has 1 aliphatic heterocycles. The van der Waals surface area contributed by atoms with E-state index in [1.807, 2.05) is 54.6 Å². The van der Waals surface area contributed by atoms with Gasteiger partial charge in [-0.3, -0.25) is 0 Å². The van der Waals surface area contributed by atoms with Gasteiger partial charge in [0.05, 0.1) is 38.0 Å². The zero-order chi connectivity index (χ0) is 25.6. The molecule has 0 unspecified atom stereocenters. The van der Waals surface area contributed by atoms with Crippen molar-refractivity contribution in [2.45, 2.75) is 25.7 Å². The first-order valence-corrected chi connectivity index (χ1v) is 12.6. The van der Waals surface area contributed by atoms with E-state index < -0.39 is 0 Å². The molecule has 4 aromatic rings. The molecule has 1 saturated heterocycles. The van der Waals surface area contributed by atoms with E-state index in [2.05, 4.69) is 17.0 Å². The Morgan fingerprint density at radius 1 is 0.865 bits per heavy atom. The summed E-state index contributed by atoms with van der Waals surface area (Å²) >= 11 is 0. The molecule has 0 spiro atoms. The fourth-order valence-electron chi connectivity index (χ4n) is 4.75. The summed E-state index contributed by atoms with van der Waals surface area (Å²) in [6, 6.07) is 22.3. The summed E-state index contributed by atoms with van der Waals surface area (Å²) in [7, 11) is 3.26. The Balaban J connectivity index is 1.43. The first-order valence-electron chi connectivity index (χ1n) is 12.6. The van der Waals surface area contributed by atoms with Gasteiger partial charge < -0.3 is 19.1 Å². The molecule has 0 radical (unpaired) electrons. The Morgan fingerprint density at radius 2 is 1.68 bits per heavy atom. The fourth-order valence-corrected chi connectivity index (χ4v) is 4.75. The van der Waals surface area contributed by atoms with Gasteiger partial charge in [0.2, 0.25) is 0 Å². The molecule has 3 aromatic carbocycles. The quantitative estimate of drug-likeness (QED) is 0.306. The van der Waals surface area contributed by atoms with Crippen molar-refractivity contribution in [2.24, 2.45) is 0 Å². The van der Waals surface area contributed by atoms with Gasteiger partial charge in [-0.2, -0.15) is 15.2 Å². The summed E-state index contributed by atoms with van der Waals surface area (Å²) in [6.07, 6.45) is 4.21. The third-order valence-electron chi connectivity index (χ3n) is 6.71. The zero-order valence-electron chi connectivity index (χ0n) is 21.2. The highest BCUT2D eigenvalue weighted by Crippen LogP contribution is 2.33. The van der Waals surface area contributed by atoms with Crippen LogP contribution < -0.4 is 19.1 Å². The van der Waals surface area contributed by atoms with Crippen molar-refractivity contribution in [3.63, 3.8) is 0 Å². The number of piperidine rings is 1. The molecule has 1 aliphatic rings. The molecular formula is C30H30N4O3. The first-order chi connectivity index (χ1) is 18.2. The third kappa shape index (κ3) is 5.44. The van der Waals surface area contributed by atoms with Crippen molar-refractivity contribution in [3.05, 3.63) is 71.8 Å². The van der Waals surface area contributed by atoms with Gasteiger partial charge in [0.1, 0.15) is 5.82 Å². The van der Waals surface area contributed by atoms with Crippen LogP contribution in [0.4, 0.5) is 5.82 Å². The molecule has 2 heterocycles. The van der Waals surface area contributed by atoms with Crippen LogP contribution >= 0.6 is 0 Å². The van der Waals surface area contributed by atoms with Crippen LogP contribution in [0.1, 0.15) is 30.4 Å². The molecule has 7 heteroatoms. The Labute approximate surface area is 217 Å². The van der Waals surface area contributed by atoms with Crippen LogP contribution in [-0.4, -0.2) is 43.9 Å². The molecule has 0 aliphatic carbocycles. The summed E-state index contributed by atoms with van der Waals surface area (Å²) in [5.41, 5.74) is 4.61. The summed E-state index contributed by atoms with van der Waals surface area (Å²) < 4.78 is 16.8. The lowest BCUT2D eigenvalue weighted by atomic mass is 10.0. The van der Waals surface area contributed by atoms with Crippen LogP contribution in [-0.2, 0) is 6.42 Å². The number of nitrogens with zero attached hydrogens (tertiary/aromatic N) is 4. The van der Waals surface area contributed by atoms with Gasteiger partial charge in [0.25, 0.3) is 0 Å².